The first-order chi connectivity index (χ1) is 36.1. The molecular formula is C54H63N6NaO18. The molecular weight excluding hydrogens is 1040 g/mol. The number of nitrogens with zero attached hydrogens (tertiary/aromatic N) is 6. The third kappa shape index (κ3) is 24.9. The van der Waals surface area contributed by atoms with E-state index in [1.165, 1.54) is 103 Å². The Hall–Kier alpha value is -7.97. The number of carbonyl (C=O) groups is 7. The molecule has 1 unspecified atom stereocenters. The average Bonchev–Trinajstić information content (AvgIpc) is 3.39. The van der Waals surface area contributed by atoms with Crippen LogP contribution >= 0.6 is 0 Å². The third-order valence-corrected chi connectivity index (χ3v) is 10.5. The van der Waals surface area contributed by atoms with Crippen LogP contribution in [0.3, 0.4) is 0 Å². The van der Waals surface area contributed by atoms with Gasteiger partial charge in [0.25, 0.3) is 17.1 Å². The minimum Gasteiger partial charge on any atom is -0.870 e. The summed E-state index contributed by atoms with van der Waals surface area (Å²) in [6.07, 6.45) is -4.43. The maximum absolute atomic E-state index is 12.0. The van der Waals surface area contributed by atoms with E-state index in [-0.39, 0.29) is 98.3 Å². The van der Waals surface area contributed by atoms with Crippen molar-refractivity contribution in [3.63, 3.8) is 0 Å². The number of ether oxygens (including phenoxy) is 2. The summed E-state index contributed by atoms with van der Waals surface area (Å²) in [6.45, 7) is 7.34. The topological polar surface area (TPSA) is 348 Å². The molecule has 5 rings (SSSR count). The number of Topliss-reactive ketones (excluding diaryl/α,β-unsaturated/α-hetero) is 3. The normalized spacial score (nSPS) is 12.2. The summed E-state index contributed by atoms with van der Waals surface area (Å²) < 4.78 is 9.52. The van der Waals surface area contributed by atoms with Gasteiger partial charge in [0.15, 0.2) is 17.3 Å². The second-order valence-corrected chi connectivity index (χ2v) is 18.1. The second kappa shape index (κ2) is 35.4. The molecule has 0 aliphatic carbocycles. The van der Waals surface area contributed by atoms with Crippen LogP contribution in [0.4, 0.5) is 17.1 Å². The van der Waals surface area contributed by atoms with Gasteiger partial charge in [-0.15, -0.1) is 0 Å². The van der Waals surface area contributed by atoms with E-state index in [4.69, 9.17) is 9.47 Å². The Labute approximate surface area is 478 Å². The number of nitro groups is 3. The predicted octanol–water partition coefficient (Wildman–Crippen LogP) is 4.36. The smallest absolute Gasteiger partial charge is 0.870 e. The van der Waals surface area contributed by atoms with Crippen molar-refractivity contribution in [1.82, 2.24) is 14.7 Å². The molecule has 0 aliphatic rings. The average molecular weight is 1110 g/mol. The summed E-state index contributed by atoms with van der Waals surface area (Å²) in [4.78, 5) is 119. The number of aliphatic carboxylic acids is 2. The first-order valence-corrected chi connectivity index (χ1v) is 23.4. The molecule has 25 heteroatoms. The molecule has 5 aromatic rings. The van der Waals surface area contributed by atoms with Gasteiger partial charge in [-0.3, -0.25) is 44.7 Å². The van der Waals surface area contributed by atoms with Crippen LogP contribution in [0, 0.1) is 48.1 Å². The predicted molar refractivity (Wildman–Crippen MR) is 284 cm³/mol. The minimum atomic E-state index is -2.21. The van der Waals surface area contributed by atoms with E-state index in [0.29, 0.717) is 36.3 Å². The van der Waals surface area contributed by atoms with Crippen LogP contribution in [-0.4, -0.2) is 161 Å². The molecule has 0 saturated heterocycles. The van der Waals surface area contributed by atoms with Gasteiger partial charge in [-0.1, -0.05) is 93.6 Å². The SMILES string of the molecule is CC(CN(C)C)C(=O)c1cccc([N+](=O)[O-])c1.C[C@@H](CN(C)C)C(=O)c1cccc([N+](=O)[O-])c1.C[C@@H](CN(C)C)C(=O)c1cccc([N+](=O)[O-])c1.O=C(O[C@H](C(=O)O)[C@@H](OC(=O)c1ccccc1)C(=O)O)c1ccccc1.[Na+].[OH-]. The Balaban J connectivity index is 0.00000104. The molecule has 418 valence electrons. The van der Waals surface area contributed by atoms with E-state index in [1.807, 2.05) is 77.8 Å². The first-order valence-electron chi connectivity index (χ1n) is 23.4. The van der Waals surface area contributed by atoms with Crippen LogP contribution in [0.2, 0.25) is 0 Å². The van der Waals surface area contributed by atoms with Crippen LogP contribution in [0.1, 0.15) is 72.6 Å². The number of hydrogen-bond donors (Lipinski definition) is 2. The molecule has 5 atom stereocenters. The van der Waals surface area contributed by atoms with Crippen molar-refractivity contribution in [3.05, 3.63) is 192 Å². The van der Waals surface area contributed by atoms with Gasteiger partial charge in [0.2, 0.25) is 12.2 Å². The zero-order valence-corrected chi connectivity index (χ0v) is 47.4. The number of non-ortho nitro benzene ring substituents is 3. The fraction of sp³-hybridized carbons (Fsp3) is 0.315. The summed E-state index contributed by atoms with van der Waals surface area (Å²) in [5.41, 5.74) is 1.10. The number of benzene rings is 5. The maximum Gasteiger partial charge on any atom is 1.00 e. The van der Waals surface area contributed by atoms with Gasteiger partial charge < -0.3 is 39.9 Å². The first kappa shape index (κ1) is 71.0. The number of nitro benzene ring substituents is 3. The van der Waals surface area contributed by atoms with E-state index in [9.17, 15) is 74.1 Å². The van der Waals surface area contributed by atoms with Gasteiger partial charge in [-0.05, 0) is 66.6 Å². The van der Waals surface area contributed by atoms with Crippen molar-refractivity contribution in [2.75, 3.05) is 61.9 Å². The summed E-state index contributed by atoms with van der Waals surface area (Å²) in [7, 11) is 11.3. The molecule has 0 heterocycles. The van der Waals surface area contributed by atoms with Crippen molar-refractivity contribution in [3.8, 4) is 0 Å². The summed E-state index contributed by atoms with van der Waals surface area (Å²) >= 11 is 0. The van der Waals surface area contributed by atoms with Gasteiger partial charge in [0.05, 0.1) is 25.9 Å². The standard InChI is InChI=1S/C18H14O8.3C12H16N2O3.Na.H2O/c19-15(20)13(25-17(23)11-7-3-1-4-8-11)14(16(21)22)26-18(24)12-9-5-2-6-10-12;3*1-9(8-13(2)3)12(15)10-5-4-6-11(7-10)14(16)17;;/h1-10,13-14H,(H,19,20)(H,21,22);3*4-7,9H,8H2,1-3H3;;1H2/q;;;;+1;/p-1/t13-,14+;2*9-;;;/m.00.../s1. The number of rotatable bonds is 22. The zero-order chi connectivity index (χ0) is 58.1. The monoisotopic (exact) mass is 1110 g/mol. The molecule has 24 nitrogen and oxygen atoms in total. The molecule has 0 aromatic heterocycles. The fourth-order valence-electron chi connectivity index (χ4n) is 7.06. The number of ketones is 3. The molecule has 5 aromatic carbocycles. The van der Waals surface area contributed by atoms with Gasteiger partial charge >= 0.3 is 53.4 Å². The molecule has 0 saturated carbocycles. The Morgan fingerprint density at radius 3 is 0.861 bits per heavy atom. The number of esters is 2. The van der Waals surface area contributed by atoms with E-state index < -0.39 is 50.9 Å². The summed E-state index contributed by atoms with van der Waals surface area (Å²) in [6, 6.07) is 32.4. The van der Waals surface area contributed by atoms with Crippen molar-refractivity contribution in [2.45, 2.75) is 33.0 Å². The second-order valence-electron chi connectivity index (χ2n) is 18.1. The maximum atomic E-state index is 12.0. The minimum absolute atomic E-state index is 0. The number of carboxylic acid groups (broad SMARTS) is 2. The van der Waals surface area contributed by atoms with Crippen LogP contribution in [0.15, 0.2) is 133 Å². The van der Waals surface area contributed by atoms with Crippen LogP contribution < -0.4 is 29.6 Å². The molecule has 0 radical (unpaired) electrons. The Morgan fingerprint density at radius 2 is 0.658 bits per heavy atom. The van der Waals surface area contributed by atoms with Gasteiger partial charge in [-0.25, -0.2) is 19.2 Å². The van der Waals surface area contributed by atoms with Crippen LogP contribution in [-0.2, 0) is 19.1 Å². The van der Waals surface area contributed by atoms with E-state index in [2.05, 4.69) is 0 Å². The molecule has 0 spiro atoms. The van der Waals surface area contributed by atoms with Crippen LogP contribution in [0.25, 0.3) is 0 Å². The largest absolute Gasteiger partial charge is 1.00 e. The van der Waals surface area contributed by atoms with E-state index in [0.717, 1.165) is 0 Å². The fourth-order valence-corrected chi connectivity index (χ4v) is 7.06. The van der Waals surface area contributed by atoms with Crippen LogP contribution in [0.5, 0.6) is 0 Å². The van der Waals surface area contributed by atoms with Crippen molar-refractivity contribution in [2.24, 2.45) is 17.8 Å². The van der Waals surface area contributed by atoms with Gasteiger partial charge in [0, 0.05) is 90.5 Å². The molecule has 0 amide bonds. The number of carbonyl (C=O) groups excluding carboxylic acids is 5. The molecule has 0 bridgehead atoms. The number of hydrogen-bond acceptors (Lipinski definition) is 19. The summed E-state index contributed by atoms with van der Waals surface area (Å²) in [5.74, 6) is -6.36. The van der Waals surface area contributed by atoms with E-state index >= 15 is 0 Å². The van der Waals surface area contributed by atoms with Gasteiger partial charge in [-0.2, -0.15) is 0 Å². The molecule has 3 N–H and O–H groups in total. The van der Waals surface area contributed by atoms with Crippen molar-refractivity contribution < 1.29 is 103 Å². The van der Waals surface area contributed by atoms with Gasteiger partial charge in [0.1, 0.15) is 0 Å². The third-order valence-electron chi connectivity index (χ3n) is 10.5. The zero-order valence-electron chi connectivity index (χ0n) is 45.4. The summed E-state index contributed by atoms with van der Waals surface area (Å²) in [5, 5.41) is 50.3. The quantitative estimate of drug-likeness (QED) is 0.0319. The number of carboxylic acids is 2. The Morgan fingerprint density at radius 1 is 0.430 bits per heavy atom. The van der Waals surface area contributed by atoms with Crippen molar-refractivity contribution in [1.29, 1.82) is 0 Å². The molecule has 0 fully saturated rings. The molecule has 0 aliphatic heterocycles. The molecule has 79 heavy (non-hydrogen) atoms. The Bertz CT molecular complexity index is 2590. The van der Waals surface area contributed by atoms with E-state index in [1.54, 1.807) is 30.3 Å². The Kier molecular flexibility index (Phi) is 31.9. The van der Waals surface area contributed by atoms with Crippen molar-refractivity contribution >= 4 is 58.3 Å².